The van der Waals surface area contributed by atoms with Crippen molar-refractivity contribution >= 4 is 35.0 Å². The van der Waals surface area contributed by atoms with Crippen molar-refractivity contribution in [3.63, 3.8) is 0 Å². The molecule has 0 aliphatic carbocycles. The minimum absolute atomic E-state index is 0.00289. The molecule has 3 rings (SSSR count). The van der Waals surface area contributed by atoms with E-state index < -0.39 is 0 Å². The van der Waals surface area contributed by atoms with E-state index in [1.165, 1.54) is 18.1 Å². The zero-order valence-corrected chi connectivity index (χ0v) is 14.5. The summed E-state index contributed by atoms with van der Waals surface area (Å²) in [6.45, 7) is 0. The monoisotopic (exact) mass is 356 g/mol. The molecule has 0 saturated carbocycles. The number of nitrogens with zero attached hydrogens (tertiary/aromatic N) is 1. The number of carbonyl (C=O) groups excluding carboxylic acids is 1. The number of amides is 1. The quantitative estimate of drug-likeness (QED) is 0.648. The van der Waals surface area contributed by atoms with Crippen LogP contribution in [0, 0.1) is 0 Å². The topological polar surface area (TPSA) is 71.0 Å². The van der Waals surface area contributed by atoms with E-state index in [0.717, 1.165) is 0 Å². The Morgan fingerprint density at radius 1 is 1.12 bits per heavy atom. The van der Waals surface area contributed by atoms with Crippen molar-refractivity contribution < 1.29 is 19.4 Å². The Morgan fingerprint density at radius 2 is 1.84 bits per heavy atom. The van der Waals surface area contributed by atoms with Crippen molar-refractivity contribution in [2.75, 3.05) is 19.1 Å². The normalized spacial score (nSPS) is 15.4. The number of aromatic hydroxyl groups is 1. The van der Waals surface area contributed by atoms with Crippen LogP contribution in [0.25, 0.3) is 6.08 Å². The molecule has 1 amide bonds. The Balaban J connectivity index is 1.88. The molecule has 1 aliphatic rings. The van der Waals surface area contributed by atoms with Crippen LogP contribution in [-0.2, 0) is 4.79 Å². The van der Waals surface area contributed by atoms with Gasteiger partial charge in [0.15, 0.2) is 16.6 Å². The van der Waals surface area contributed by atoms with Gasteiger partial charge >= 0.3 is 0 Å². The molecule has 1 saturated heterocycles. The number of thiocarbonyl (C=S) groups is 1. The Bertz CT molecular complexity index is 862. The van der Waals surface area contributed by atoms with Gasteiger partial charge in [-0.3, -0.25) is 9.69 Å². The third kappa shape index (κ3) is 3.27. The Kier molecular flexibility index (Phi) is 4.58. The van der Waals surface area contributed by atoms with Crippen LogP contribution in [-0.4, -0.2) is 30.3 Å². The lowest BCUT2D eigenvalue weighted by Gasteiger charge is -2.14. The van der Waals surface area contributed by atoms with Crippen molar-refractivity contribution in [3.8, 4) is 17.2 Å². The molecule has 128 valence electrons. The van der Waals surface area contributed by atoms with Crippen LogP contribution in [0.3, 0.4) is 0 Å². The van der Waals surface area contributed by atoms with Crippen LogP contribution < -0.4 is 19.7 Å². The molecular formula is C18H16N2O4S. The number of ether oxygens (including phenoxy) is 2. The summed E-state index contributed by atoms with van der Waals surface area (Å²) in [7, 11) is 3.05. The standard InChI is InChI=1S/C18H16N2O4S/c1-23-13-6-4-12(5-7-13)20-17(22)14(19-18(20)25)9-11-3-8-16(24-2)15(21)10-11/h3-10,21H,1-2H3,(H,19,25). The van der Waals surface area contributed by atoms with Crippen molar-refractivity contribution in [2.24, 2.45) is 0 Å². The number of rotatable bonds is 4. The summed E-state index contributed by atoms with van der Waals surface area (Å²) in [5.74, 6) is 0.782. The van der Waals surface area contributed by atoms with Crippen molar-refractivity contribution in [1.29, 1.82) is 0 Å². The lowest BCUT2D eigenvalue weighted by atomic mass is 10.1. The molecule has 1 aliphatic heterocycles. The average molecular weight is 356 g/mol. The summed E-state index contributed by atoms with van der Waals surface area (Å²) in [4.78, 5) is 14.1. The average Bonchev–Trinajstić information content (AvgIpc) is 2.89. The van der Waals surface area contributed by atoms with Crippen molar-refractivity contribution in [2.45, 2.75) is 0 Å². The van der Waals surface area contributed by atoms with Crippen molar-refractivity contribution in [3.05, 3.63) is 53.7 Å². The Hall–Kier alpha value is -3.06. The molecule has 2 aromatic carbocycles. The van der Waals surface area contributed by atoms with Gasteiger partial charge in [-0.1, -0.05) is 6.07 Å². The van der Waals surface area contributed by atoms with Gasteiger partial charge in [0.1, 0.15) is 11.4 Å². The molecule has 0 unspecified atom stereocenters. The second-order valence-corrected chi connectivity index (χ2v) is 5.64. The highest BCUT2D eigenvalue weighted by Gasteiger charge is 2.31. The van der Waals surface area contributed by atoms with Crippen LogP contribution in [0.15, 0.2) is 48.2 Å². The number of hydrogen-bond donors (Lipinski definition) is 2. The summed E-state index contributed by atoms with van der Waals surface area (Å²) < 4.78 is 10.1. The summed E-state index contributed by atoms with van der Waals surface area (Å²) >= 11 is 5.27. The summed E-state index contributed by atoms with van der Waals surface area (Å²) in [6, 6.07) is 11.9. The number of anilines is 1. The van der Waals surface area contributed by atoms with Gasteiger partial charge in [-0.2, -0.15) is 0 Å². The molecule has 2 aromatic rings. The fourth-order valence-corrected chi connectivity index (χ4v) is 2.76. The number of phenols is 1. The SMILES string of the molecule is COc1ccc(N2C(=O)C(=Cc3ccc(OC)c(O)c3)NC2=S)cc1. The third-order valence-electron chi connectivity index (χ3n) is 3.72. The molecule has 0 atom stereocenters. The molecule has 7 heteroatoms. The number of phenolic OH excluding ortho intramolecular Hbond substituents is 1. The predicted octanol–water partition coefficient (Wildman–Crippen LogP) is 2.67. The smallest absolute Gasteiger partial charge is 0.281 e. The van der Waals surface area contributed by atoms with E-state index in [4.69, 9.17) is 21.7 Å². The van der Waals surface area contributed by atoms with Gasteiger partial charge in [-0.05, 0) is 60.3 Å². The van der Waals surface area contributed by atoms with E-state index in [1.54, 1.807) is 49.6 Å². The lowest BCUT2D eigenvalue weighted by molar-refractivity contribution is -0.113. The molecule has 0 spiro atoms. The van der Waals surface area contributed by atoms with Gasteiger partial charge in [0.25, 0.3) is 5.91 Å². The number of hydrogen-bond acceptors (Lipinski definition) is 5. The van der Waals surface area contributed by atoms with Crippen molar-refractivity contribution in [1.82, 2.24) is 5.32 Å². The summed E-state index contributed by atoms with van der Waals surface area (Å²) in [5, 5.41) is 13.0. The van der Waals surface area contributed by atoms with Crippen LogP contribution in [0.2, 0.25) is 0 Å². The van der Waals surface area contributed by atoms with Gasteiger partial charge in [-0.25, -0.2) is 0 Å². The second kappa shape index (κ2) is 6.82. The number of benzene rings is 2. The fraction of sp³-hybridized carbons (Fsp3) is 0.111. The van der Waals surface area contributed by atoms with E-state index in [9.17, 15) is 9.90 Å². The minimum atomic E-state index is -0.273. The first kappa shape index (κ1) is 16.8. The zero-order valence-electron chi connectivity index (χ0n) is 13.6. The van der Waals surface area contributed by atoms with Crippen LogP contribution in [0.5, 0.6) is 17.2 Å². The molecule has 25 heavy (non-hydrogen) atoms. The summed E-state index contributed by atoms with van der Waals surface area (Å²) in [6.07, 6.45) is 1.62. The maximum absolute atomic E-state index is 12.7. The van der Waals surface area contributed by atoms with E-state index in [2.05, 4.69) is 5.32 Å². The minimum Gasteiger partial charge on any atom is -0.504 e. The third-order valence-corrected chi connectivity index (χ3v) is 4.01. The van der Waals surface area contributed by atoms with E-state index in [0.29, 0.717) is 33.6 Å². The largest absolute Gasteiger partial charge is 0.504 e. The van der Waals surface area contributed by atoms with E-state index in [-0.39, 0.29) is 11.7 Å². The van der Waals surface area contributed by atoms with Crippen LogP contribution in [0.1, 0.15) is 5.56 Å². The fourth-order valence-electron chi connectivity index (χ4n) is 2.46. The molecule has 0 radical (unpaired) electrons. The Morgan fingerprint density at radius 3 is 2.44 bits per heavy atom. The van der Waals surface area contributed by atoms with E-state index >= 15 is 0 Å². The molecule has 6 nitrogen and oxygen atoms in total. The van der Waals surface area contributed by atoms with Gasteiger partial charge < -0.3 is 19.9 Å². The highest BCUT2D eigenvalue weighted by Crippen LogP contribution is 2.28. The number of carbonyl (C=O) groups is 1. The van der Waals surface area contributed by atoms with Gasteiger partial charge in [0.2, 0.25) is 0 Å². The molecule has 1 heterocycles. The highest BCUT2D eigenvalue weighted by atomic mass is 32.1. The maximum Gasteiger partial charge on any atom is 0.281 e. The highest BCUT2D eigenvalue weighted by molar-refractivity contribution is 7.80. The number of nitrogens with one attached hydrogen (secondary N) is 1. The van der Waals surface area contributed by atoms with Gasteiger partial charge in [-0.15, -0.1) is 0 Å². The first-order valence-corrected chi connectivity index (χ1v) is 7.82. The molecule has 1 fully saturated rings. The lowest BCUT2D eigenvalue weighted by Crippen LogP contribution is -2.30. The molecule has 0 bridgehead atoms. The molecule has 0 aromatic heterocycles. The maximum atomic E-state index is 12.7. The summed E-state index contributed by atoms with van der Waals surface area (Å²) in [5.41, 5.74) is 1.61. The predicted molar refractivity (Wildman–Crippen MR) is 98.8 cm³/mol. The van der Waals surface area contributed by atoms with Gasteiger partial charge in [0.05, 0.1) is 19.9 Å². The Labute approximate surface area is 150 Å². The van der Waals surface area contributed by atoms with Crippen LogP contribution >= 0.6 is 12.2 Å². The first-order chi connectivity index (χ1) is 12.0. The number of methoxy groups -OCH3 is 2. The first-order valence-electron chi connectivity index (χ1n) is 7.41. The van der Waals surface area contributed by atoms with Crippen LogP contribution in [0.4, 0.5) is 5.69 Å². The zero-order chi connectivity index (χ0) is 18.0. The molecular weight excluding hydrogens is 340 g/mol. The molecule has 2 N–H and O–H groups in total. The second-order valence-electron chi connectivity index (χ2n) is 5.26. The van der Waals surface area contributed by atoms with E-state index in [1.807, 2.05) is 0 Å². The van der Waals surface area contributed by atoms with Gasteiger partial charge in [0, 0.05) is 0 Å².